The summed E-state index contributed by atoms with van der Waals surface area (Å²) in [6, 6.07) is 0.707. The molecule has 58 valence electrons. The fourth-order valence-corrected chi connectivity index (χ4v) is 1.94. The Morgan fingerprint density at radius 3 is 2.90 bits per heavy atom. The first-order valence-corrected chi connectivity index (χ1v) is 4.05. The van der Waals surface area contributed by atoms with Crippen LogP contribution >= 0.6 is 0 Å². The topological polar surface area (TPSA) is 27.3 Å². The molecule has 0 amide bonds. The van der Waals surface area contributed by atoms with Crippen LogP contribution in [0.2, 0.25) is 0 Å². The molecule has 0 aliphatic carbocycles. The predicted octanol–water partition coefficient (Wildman–Crippen LogP) is -0.791. The third kappa shape index (κ3) is 0.944. The maximum atomic E-state index is 3.51. The van der Waals surface area contributed by atoms with Crippen LogP contribution in [-0.4, -0.2) is 43.8 Å². The van der Waals surface area contributed by atoms with Gasteiger partial charge in [-0.1, -0.05) is 0 Å². The molecule has 2 rings (SSSR count). The fourth-order valence-electron chi connectivity index (χ4n) is 1.94. The van der Waals surface area contributed by atoms with Gasteiger partial charge in [0, 0.05) is 25.7 Å². The lowest BCUT2D eigenvalue weighted by Gasteiger charge is -2.31. The van der Waals surface area contributed by atoms with Crippen molar-refractivity contribution in [3.05, 3.63) is 0 Å². The van der Waals surface area contributed by atoms with E-state index in [1.54, 1.807) is 0 Å². The van der Waals surface area contributed by atoms with Crippen molar-refractivity contribution < 1.29 is 0 Å². The van der Waals surface area contributed by atoms with E-state index in [0.29, 0.717) is 12.2 Å². The average molecular weight is 141 g/mol. The molecule has 2 fully saturated rings. The number of fused-ring (bicyclic) bond motifs is 1. The highest BCUT2D eigenvalue weighted by Crippen LogP contribution is 2.14. The Bertz CT molecular complexity index is 124. The maximum Gasteiger partial charge on any atom is 0.0753 e. The van der Waals surface area contributed by atoms with Gasteiger partial charge in [-0.05, 0) is 13.5 Å². The van der Waals surface area contributed by atoms with E-state index in [-0.39, 0.29) is 0 Å². The van der Waals surface area contributed by atoms with Gasteiger partial charge in [0.05, 0.1) is 6.17 Å². The van der Waals surface area contributed by atoms with Crippen molar-refractivity contribution in [3.63, 3.8) is 0 Å². The van der Waals surface area contributed by atoms with Crippen molar-refractivity contribution in [2.24, 2.45) is 0 Å². The van der Waals surface area contributed by atoms with Crippen LogP contribution in [0.4, 0.5) is 0 Å². The first-order chi connectivity index (χ1) is 4.88. The second-order valence-corrected chi connectivity index (χ2v) is 3.23. The van der Waals surface area contributed by atoms with Crippen molar-refractivity contribution in [2.45, 2.75) is 18.6 Å². The standard InChI is InChI=1S/C7H15N3/c1-10-5-2-6-7(10)9-4-3-8-6/h6-9H,2-5H2,1H3. The van der Waals surface area contributed by atoms with Gasteiger partial charge in [-0.15, -0.1) is 0 Å². The van der Waals surface area contributed by atoms with Gasteiger partial charge < -0.3 is 5.32 Å². The second kappa shape index (κ2) is 2.49. The lowest BCUT2D eigenvalue weighted by molar-refractivity contribution is 0.213. The molecule has 2 N–H and O–H groups in total. The fraction of sp³-hybridized carbons (Fsp3) is 1.00. The smallest absolute Gasteiger partial charge is 0.0753 e. The van der Waals surface area contributed by atoms with Gasteiger partial charge in [-0.2, -0.15) is 0 Å². The van der Waals surface area contributed by atoms with Gasteiger partial charge >= 0.3 is 0 Å². The van der Waals surface area contributed by atoms with Crippen LogP contribution in [0.5, 0.6) is 0 Å². The number of nitrogens with one attached hydrogen (secondary N) is 2. The highest BCUT2D eigenvalue weighted by Gasteiger charge is 2.32. The van der Waals surface area contributed by atoms with Gasteiger partial charge in [-0.25, -0.2) is 0 Å². The molecule has 0 bridgehead atoms. The molecule has 2 unspecified atom stereocenters. The lowest BCUT2D eigenvalue weighted by atomic mass is 10.2. The van der Waals surface area contributed by atoms with Crippen LogP contribution in [0.25, 0.3) is 0 Å². The molecule has 2 saturated heterocycles. The van der Waals surface area contributed by atoms with Crippen molar-refractivity contribution in [1.82, 2.24) is 15.5 Å². The summed E-state index contributed by atoms with van der Waals surface area (Å²) in [6.45, 7) is 3.48. The van der Waals surface area contributed by atoms with Gasteiger partial charge in [0.25, 0.3) is 0 Å². The van der Waals surface area contributed by atoms with Gasteiger partial charge in [0.1, 0.15) is 0 Å². The number of likely N-dealkylation sites (tertiary alicyclic amines) is 1. The van der Waals surface area contributed by atoms with Crippen molar-refractivity contribution in [2.75, 3.05) is 26.7 Å². The summed E-state index contributed by atoms with van der Waals surface area (Å²) >= 11 is 0. The summed E-state index contributed by atoms with van der Waals surface area (Å²) in [5.41, 5.74) is 0. The first kappa shape index (κ1) is 6.58. The highest BCUT2D eigenvalue weighted by molar-refractivity contribution is 4.91. The maximum absolute atomic E-state index is 3.51. The summed E-state index contributed by atoms with van der Waals surface area (Å²) in [7, 11) is 2.19. The summed E-state index contributed by atoms with van der Waals surface area (Å²) in [5, 5.41) is 7.00. The number of piperazine rings is 1. The second-order valence-electron chi connectivity index (χ2n) is 3.23. The Hall–Kier alpha value is -0.120. The molecule has 0 radical (unpaired) electrons. The van der Waals surface area contributed by atoms with Crippen LogP contribution < -0.4 is 10.6 Å². The molecule has 2 atom stereocenters. The van der Waals surface area contributed by atoms with E-state index in [1.165, 1.54) is 13.0 Å². The van der Waals surface area contributed by atoms with E-state index in [1.807, 2.05) is 0 Å². The Labute approximate surface area is 61.8 Å². The van der Waals surface area contributed by atoms with E-state index >= 15 is 0 Å². The van der Waals surface area contributed by atoms with E-state index in [9.17, 15) is 0 Å². The van der Waals surface area contributed by atoms with E-state index < -0.39 is 0 Å². The van der Waals surface area contributed by atoms with Crippen LogP contribution in [0, 0.1) is 0 Å². The molecule has 0 aromatic heterocycles. The number of nitrogens with zero attached hydrogens (tertiary/aromatic N) is 1. The molecule has 3 nitrogen and oxygen atoms in total. The Morgan fingerprint density at radius 1 is 1.30 bits per heavy atom. The molecule has 2 heterocycles. The number of hydrogen-bond acceptors (Lipinski definition) is 3. The lowest BCUT2D eigenvalue weighted by Crippen LogP contribution is -2.57. The zero-order valence-electron chi connectivity index (χ0n) is 6.43. The minimum Gasteiger partial charge on any atom is -0.310 e. The quantitative estimate of drug-likeness (QED) is 0.463. The van der Waals surface area contributed by atoms with E-state index in [4.69, 9.17) is 0 Å². The molecule has 0 saturated carbocycles. The zero-order valence-corrected chi connectivity index (χ0v) is 6.43. The number of likely N-dealkylation sites (N-methyl/N-ethyl adjacent to an activating group) is 1. The average Bonchev–Trinajstić information content (AvgIpc) is 2.34. The Kier molecular flexibility index (Phi) is 1.64. The third-order valence-electron chi connectivity index (χ3n) is 2.53. The van der Waals surface area contributed by atoms with Crippen LogP contribution in [-0.2, 0) is 0 Å². The molecule has 3 heteroatoms. The van der Waals surface area contributed by atoms with Crippen LogP contribution in [0.15, 0.2) is 0 Å². The predicted molar refractivity (Wildman–Crippen MR) is 40.8 cm³/mol. The summed E-state index contributed by atoms with van der Waals surface area (Å²) in [6.07, 6.45) is 1.91. The van der Waals surface area contributed by atoms with Crippen molar-refractivity contribution >= 4 is 0 Å². The molecule has 0 spiro atoms. The number of rotatable bonds is 0. The molecule has 0 aromatic carbocycles. The minimum atomic E-state index is 0.605. The van der Waals surface area contributed by atoms with E-state index in [0.717, 1.165) is 13.1 Å². The first-order valence-electron chi connectivity index (χ1n) is 4.05. The van der Waals surface area contributed by atoms with Crippen LogP contribution in [0.1, 0.15) is 6.42 Å². The minimum absolute atomic E-state index is 0.605. The normalized spacial score (nSPS) is 41.7. The van der Waals surface area contributed by atoms with Crippen molar-refractivity contribution in [3.8, 4) is 0 Å². The summed E-state index contributed by atoms with van der Waals surface area (Å²) < 4.78 is 0. The zero-order chi connectivity index (χ0) is 6.97. The molecule has 2 aliphatic heterocycles. The van der Waals surface area contributed by atoms with Gasteiger partial charge in [0.2, 0.25) is 0 Å². The third-order valence-corrected chi connectivity index (χ3v) is 2.53. The molecular weight excluding hydrogens is 126 g/mol. The molecule has 0 aromatic rings. The van der Waals surface area contributed by atoms with E-state index in [2.05, 4.69) is 22.6 Å². The van der Waals surface area contributed by atoms with Gasteiger partial charge in [0.15, 0.2) is 0 Å². The summed E-state index contributed by atoms with van der Waals surface area (Å²) in [4.78, 5) is 2.39. The molecule has 2 aliphatic rings. The molecular formula is C7H15N3. The van der Waals surface area contributed by atoms with Gasteiger partial charge in [-0.3, -0.25) is 10.2 Å². The summed E-state index contributed by atoms with van der Waals surface area (Å²) in [5.74, 6) is 0. The Morgan fingerprint density at radius 2 is 2.10 bits per heavy atom. The number of hydrogen-bond donors (Lipinski definition) is 2. The Balaban J connectivity index is 2.01. The largest absolute Gasteiger partial charge is 0.310 e. The van der Waals surface area contributed by atoms with Crippen LogP contribution in [0.3, 0.4) is 0 Å². The van der Waals surface area contributed by atoms with Crippen molar-refractivity contribution in [1.29, 1.82) is 0 Å². The monoisotopic (exact) mass is 141 g/mol. The highest BCUT2D eigenvalue weighted by atomic mass is 15.3. The molecule has 10 heavy (non-hydrogen) atoms. The SMILES string of the molecule is CN1CCC2NCCNC21.